The van der Waals surface area contributed by atoms with Gasteiger partial charge in [-0.15, -0.1) is 0 Å². The maximum atomic E-state index is 13.0. The summed E-state index contributed by atoms with van der Waals surface area (Å²) in [6, 6.07) is 11.1. The van der Waals surface area contributed by atoms with E-state index in [-0.39, 0.29) is 11.7 Å². The first-order chi connectivity index (χ1) is 12.5. The van der Waals surface area contributed by atoms with Crippen LogP contribution >= 0.6 is 0 Å². The van der Waals surface area contributed by atoms with Crippen molar-refractivity contribution in [3.8, 4) is 11.5 Å². The molecule has 0 aliphatic carbocycles. The van der Waals surface area contributed by atoms with E-state index >= 15 is 0 Å². The summed E-state index contributed by atoms with van der Waals surface area (Å²) in [5.74, 6) is 0.476. The topological polar surface area (TPSA) is 56.8 Å². The second kappa shape index (κ2) is 9.58. The highest BCUT2D eigenvalue weighted by Crippen LogP contribution is 2.30. The third-order valence-corrected chi connectivity index (χ3v) is 3.62. The van der Waals surface area contributed by atoms with Gasteiger partial charge in [-0.1, -0.05) is 12.1 Å². The van der Waals surface area contributed by atoms with Crippen LogP contribution in [-0.4, -0.2) is 33.3 Å². The Kier molecular flexibility index (Phi) is 7.17. The van der Waals surface area contributed by atoms with Crippen molar-refractivity contribution >= 4 is 17.2 Å². The van der Waals surface area contributed by atoms with Crippen molar-refractivity contribution in [2.24, 2.45) is 0 Å². The number of carbonyl (C=O) groups is 1. The number of amides is 1. The molecule has 0 unspecified atom stereocenters. The fourth-order valence-corrected chi connectivity index (χ4v) is 2.27. The number of ether oxygens (including phenoxy) is 3. The van der Waals surface area contributed by atoms with Crippen LogP contribution in [0.1, 0.15) is 12.5 Å². The molecular formula is C20H22FNO4. The van der Waals surface area contributed by atoms with Gasteiger partial charge >= 0.3 is 0 Å². The first kappa shape index (κ1) is 19.5. The predicted molar refractivity (Wildman–Crippen MR) is 99.0 cm³/mol. The molecule has 0 aliphatic rings. The smallest absolute Gasteiger partial charge is 0.248 e. The van der Waals surface area contributed by atoms with Crippen LogP contribution in [0.25, 0.3) is 5.57 Å². The molecule has 0 spiro atoms. The normalized spacial score (nSPS) is 11.2. The maximum absolute atomic E-state index is 13.0. The molecule has 0 saturated carbocycles. The van der Waals surface area contributed by atoms with E-state index in [1.807, 2.05) is 0 Å². The highest BCUT2D eigenvalue weighted by atomic mass is 19.1. The Morgan fingerprint density at radius 1 is 1.08 bits per heavy atom. The molecule has 0 radical (unpaired) electrons. The Balaban J connectivity index is 2.08. The summed E-state index contributed by atoms with van der Waals surface area (Å²) in [4.78, 5) is 12.2. The number of allylic oxidation sites excluding steroid dienone is 1. The van der Waals surface area contributed by atoms with Gasteiger partial charge in [0, 0.05) is 24.9 Å². The van der Waals surface area contributed by atoms with E-state index in [0.717, 1.165) is 11.1 Å². The SMILES string of the molecule is COCCOc1cc(NC(=O)/C=C(/C)c2ccc(F)cc2)ccc1OC. The molecule has 1 N–H and O–H groups in total. The van der Waals surface area contributed by atoms with E-state index < -0.39 is 0 Å². The summed E-state index contributed by atoms with van der Waals surface area (Å²) in [5, 5.41) is 2.78. The monoisotopic (exact) mass is 359 g/mol. The summed E-state index contributed by atoms with van der Waals surface area (Å²) < 4.78 is 28.8. The van der Waals surface area contributed by atoms with Gasteiger partial charge in [0.1, 0.15) is 12.4 Å². The number of rotatable bonds is 8. The molecule has 0 fully saturated rings. The molecule has 1 amide bonds. The molecule has 138 valence electrons. The average molecular weight is 359 g/mol. The summed E-state index contributed by atoms with van der Waals surface area (Å²) in [5.41, 5.74) is 2.08. The summed E-state index contributed by atoms with van der Waals surface area (Å²) in [6.45, 7) is 2.60. The van der Waals surface area contributed by atoms with Crippen LogP contribution in [0.15, 0.2) is 48.5 Å². The van der Waals surface area contributed by atoms with Crippen LogP contribution in [0.5, 0.6) is 11.5 Å². The highest BCUT2D eigenvalue weighted by molar-refractivity contribution is 6.03. The van der Waals surface area contributed by atoms with Gasteiger partial charge in [0.05, 0.1) is 13.7 Å². The lowest BCUT2D eigenvalue weighted by Crippen LogP contribution is -2.10. The van der Waals surface area contributed by atoms with Crippen molar-refractivity contribution in [2.75, 3.05) is 32.8 Å². The van der Waals surface area contributed by atoms with Crippen LogP contribution in [-0.2, 0) is 9.53 Å². The van der Waals surface area contributed by atoms with Gasteiger partial charge < -0.3 is 19.5 Å². The standard InChI is InChI=1S/C20H22FNO4/c1-14(15-4-6-16(21)7-5-15)12-20(23)22-17-8-9-18(25-3)19(13-17)26-11-10-24-2/h4-9,12-13H,10-11H2,1-3H3,(H,22,23)/b14-12-. The van der Waals surface area contributed by atoms with E-state index in [0.29, 0.717) is 30.4 Å². The van der Waals surface area contributed by atoms with Crippen LogP contribution < -0.4 is 14.8 Å². The highest BCUT2D eigenvalue weighted by Gasteiger charge is 2.08. The molecule has 0 aliphatic heterocycles. The fraction of sp³-hybridized carbons (Fsp3) is 0.250. The minimum Gasteiger partial charge on any atom is -0.493 e. The third kappa shape index (κ3) is 5.60. The minimum absolute atomic E-state index is 0.292. The fourth-order valence-electron chi connectivity index (χ4n) is 2.27. The largest absolute Gasteiger partial charge is 0.493 e. The van der Waals surface area contributed by atoms with E-state index in [9.17, 15) is 9.18 Å². The number of anilines is 1. The molecule has 26 heavy (non-hydrogen) atoms. The van der Waals surface area contributed by atoms with Crippen molar-refractivity contribution in [1.82, 2.24) is 0 Å². The van der Waals surface area contributed by atoms with Gasteiger partial charge in [-0.3, -0.25) is 4.79 Å². The molecule has 2 aromatic carbocycles. The molecule has 0 aromatic heterocycles. The van der Waals surface area contributed by atoms with Gasteiger partial charge in [0.25, 0.3) is 0 Å². The van der Waals surface area contributed by atoms with E-state index in [1.165, 1.54) is 18.2 Å². The van der Waals surface area contributed by atoms with Gasteiger partial charge in [0.2, 0.25) is 5.91 Å². The van der Waals surface area contributed by atoms with Crippen molar-refractivity contribution in [3.05, 3.63) is 59.9 Å². The van der Waals surface area contributed by atoms with E-state index in [2.05, 4.69) is 5.32 Å². The number of halogens is 1. The zero-order chi connectivity index (χ0) is 18.9. The quantitative estimate of drug-likeness (QED) is 0.574. The van der Waals surface area contributed by atoms with Crippen LogP contribution in [0.4, 0.5) is 10.1 Å². The van der Waals surface area contributed by atoms with Crippen LogP contribution in [0, 0.1) is 5.82 Å². The second-order valence-corrected chi connectivity index (χ2v) is 5.53. The molecule has 5 nitrogen and oxygen atoms in total. The van der Waals surface area contributed by atoms with E-state index in [4.69, 9.17) is 14.2 Å². The summed E-state index contributed by atoms with van der Waals surface area (Å²) >= 11 is 0. The summed E-state index contributed by atoms with van der Waals surface area (Å²) in [7, 11) is 3.14. The molecule has 6 heteroatoms. The van der Waals surface area contributed by atoms with Crippen molar-refractivity contribution in [3.63, 3.8) is 0 Å². The third-order valence-electron chi connectivity index (χ3n) is 3.62. The first-order valence-corrected chi connectivity index (χ1v) is 8.08. The predicted octanol–water partition coefficient (Wildman–Crippen LogP) is 3.90. The lowest BCUT2D eigenvalue weighted by molar-refractivity contribution is -0.111. The second-order valence-electron chi connectivity index (χ2n) is 5.53. The lowest BCUT2D eigenvalue weighted by Gasteiger charge is -2.12. The van der Waals surface area contributed by atoms with Crippen LogP contribution in [0.2, 0.25) is 0 Å². The summed E-state index contributed by atoms with van der Waals surface area (Å²) in [6.07, 6.45) is 1.46. The zero-order valence-corrected chi connectivity index (χ0v) is 15.0. The molecule has 2 rings (SSSR count). The number of carbonyl (C=O) groups excluding carboxylic acids is 1. The Hall–Kier alpha value is -2.86. The number of methoxy groups -OCH3 is 2. The van der Waals surface area contributed by atoms with Crippen LogP contribution in [0.3, 0.4) is 0 Å². The minimum atomic E-state index is -0.315. The van der Waals surface area contributed by atoms with Gasteiger partial charge in [-0.25, -0.2) is 4.39 Å². The van der Waals surface area contributed by atoms with Crippen molar-refractivity contribution in [1.29, 1.82) is 0 Å². The van der Waals surface area contributed by atoms with E-state index in [1.54, 1.807) is 51.5 Å². The van der Waals surface area contributed by atoms with Crippen molar-refractivity contribution < 1.29 is 23.4 Å². The Bertz CT molecular complexity index is 772. The van der Waals surface area contributed by atoms with Gasteiger partial charge in [-0.2, -0.15) is 0 Å². The molecular weight excluding hydrogens is 337 g/mol. The molecule has 0 bridgehead atoms. The Labute approximate surface area is 152 Å². The Morgan fingerprint density at radius 3 is 2.46 bits per heavy atom. The number of nitrogens with one attached hydrogen (secondary N) is 1. The molecule has 0 atom stereocenters. The molecule has 0 saturated heterocycles. The Morgan fingerprint density at radius 2 is 1.81 bits per heavy atom. The maximum Gasteiger partial charge on any atom is 0.248 e. The van der Waals surface area contributed by atoms with Crippen molar-refractivity contribution in [2.45, 2.75) is 6.92 Å². The van der Waals surface area contributed by atoms with Gasteiger partial charge in [0.15, 0.2) is 11.5 Å². The molecule has 0 heterocycles. The lowest BCUT2D eigenvalue weighted by atomic mass is 10.1. The molecule has 2 aromatic rings. The van der Waals surface area contributed by atoms with Gasteiger partial charge in [-0.05, 0) is 42.3 Å². The number of hydrogen-bond acceptors (Lipinski definition) is 4. The zero-order valence-electron chi connectivity index (χ0n) is 15.0. The number of hydrogen-bond donors (Lipinski definition) is 1. The average Bonchev–Trinajstić information content (AvgIpc) is 2.62. The first-order valence-electron chi connectivity index (χ1n) is 8.08. The number of benzene rings is 2.